The SMILES string of the molecule is Cn1cc(Cn2c(N)nc3ccc(C#N)cc32)cn1. The van der Waals surface area contributed by atoms with Gasteiger partial charge in [-0.2, -0.15) is 10.4 Å². The molecular weight excluding hydrogens is 240 g/mol. The highest BCUT2D eigenvalue weighted by Gasteiger charge is 2.10. The van der Waals surface area contributed by atoms with Gasteiger partial charge in [-0.05, 0) is 18.2 Å². The van der Waals surface area contributed by atoms with E-state index in [1.54, 1.807) is 23.0 Å². The molecule has 1 aromatic carbocycles. The quantitative estimate of drug-likeness (QED) is 0.744. The minimum absolute atomic E-state index is 0.439. The fourth-order valence-electron chi connectivity index (χ4n) is 2.11. The van der Waals surface area contributed by atoms with Crippen LogP contribution in [0.3, 0.4) is 0 Å². The first-order valence-corrected chi connectivity index (χ1v) is 5.81. The molecule has 3 aromatic rings. The molecular formula is C13H12N6. The summed E-state index contributed by atoms with van der Waals surface area (Å²) in [7, 11) is 1.87. The van der Waals surface area contributed by atoms with E-state index in [1.807, 2.05) is 23.9 Å². The molecule has 0 bridgehead atoms. The van der Waals surface area contributed by atoms with E-state index in [9.17, 15) is 0 Å². The van der Waals surface area contributed by atoms with Gasteiger partial charge in [-0.25, -0.2) is 4.98 Å². The molecule has 0 aliphatic carbocycles. The summed E-state index contributed by atoms with van der Waals surface area (Å²) in [6.45, 7) is 0.588. The molecule has 6 heteroatoms. The summed E-state index contributed by atoms with van der Waals surface area (Å²) in [5.74, 6) is 0.439. The molecule has 2 heterocycles. The average Bonchev–Trinajstić information content (AvgIpc) is 2.94. The van der Waals surface area contributed by atoms with Gasteiger partial charge < -0.3 is 10.3 Å². The van der Waals surface area contributed by atoms with Crippen LogP contribution in [0.15, 0.2) is 30.6 Å². The van der Waals surface area contributed by atoms with Crippen LogP contribution >= 0.6 is 0 Å². The fourth-order valence-corrected chi connectivity index (χ4v) is 2.11. The zero-order valence-electron chi connectivity index (χ0n) is 10.4. The maximum atomic E-state index is 8.96. The van der Waals surface area contributed by atoms with Crippen molar-refractivity contribution in [2.45, 2.75) is 6.54 Å². The molecule has 0 unspecified atom stereocenters. The number of aromatic nitrogens is 4. The van der Waals surface area contributed by atoms with E-state index in [2.05, 4.69) is 16.2 Å². The van der Waals surface area contributed by atoms with Crippen LogP contribution in [-0.2, 0) is 13.6 Å². The molecule has 6 nitrogen and oxygen atoms in total. The van der Waals surface area contributed by atoms with Crippen LogP contribution in [-0.4, -0.2) is 19.3 Å². The number of fused-ring (bicyclic) bond motifs is 1. The summed E-state index contributed by atoms with van der Waals surface area (Å²) < 4.78 is 3.62. The summed E-state index contributed by atoms with van der Waals surface area (Å²) in [4.78, 5) is 4.30. The van der Waals surface area contributed by atoms with Gasteiger partial charge in [0.25, 0.3) is 0 Å². The molecule has 0 spiro atoms. The highest BCUT2D eigenvalue weighted by molar-refractivity contribution is 5.80. The van der Waals surface area contributed by atoms with Gasteiger partial charge in [0, 0.05) is 18.8 Å². The first-order valence-electron chi connectivity index (χ1n) is 5.81. The molecule has 2 N–H and O–H groups in total. The van der Waals surface area contributed by atoms with Crippen LogP contribution in [0.1, 0.15) is 11.1 Å². The van der Waals surface area contributed by atoms with Crippen LogP contribution in [0.5, 0.6) is 0 Å². The Bertz CT molecular complexity index is 789. The predicted molar refractivity (Wildman–Crippen MR) is 71.2 cm³/mol. The Morgan fingerprint density at radius 2 is 2.26 bits per heavy atom. The monoisotopic (exact) mass is 252 g/mol. The van der Waals surface area contributed by atoms with Crippen molar-refractivity contribution >= 4 is 17.0 Å². The lowest BCUT2D eigenvalue weighted by atomic mass is 10.2. The minimum atomic E-state index is 0.439. The number of nitrogens with zero attached hydrogens (tertiary/aromatic N) is 5. The lowest BCUT2D eigenvalue weighted by Crippen LogP contribution is -2.04. The van der Waals surface area contributed by atoms with E-state index in [4.69, 9.17) is 11.0 Å². The van der Waals surface area contributed by atoms with Gasteiger partial charge in [-0.1, -0.05) is 0 Å². The van der Waals surface area contributed by atoms with Crippen molar-refractivity contribution < 1.29 is 0 Å². The third kappa shape index (κ3) is 1.91. The standard InChI is InChI=1S/C13H12N6/c1-18-7-10(6-16-18)8-19-12-4-9(5-14)2-3-11(12)17-13(19)15/h2-4,6-7H,8H2,1H3,(H2,15,17). The number of nitriles is 1. The number of nitrogen functional groups attached to an aromatic ring is 1. The Hall–Kier alpha value is -2.81. The van der Waals surface area contributed by atoms with Gasteiger partial charge in [0.05, 0.1) is 35.4 Å². The van der Waals surface area contributed by atoms with Crippen LogP contribution in [0.4, 0.5) is 5.95 Å². The smallest absolute Gasteiger partial charge is 0.201 e. The molecule has 0 aliphatic heterocycles. The largest absolute Gasteiger partial charge is 0.369 e. The first kappa shape index (κ1) is 11.3. The minimum Gasteiger partial charge on any atom is -0.369 e. The lowest BCUT2D eigenvalue weighted by Gasteiger charge is -2.04. The summed E-state index contributed by atoms with van der Waals surface area (Å²) in [5.41, 5.74) is 9.23. The fraction of sp³-hybridized carbons (Fsp3) is 0.154. The first-order chi connectivity index (χ1) is 9.17. The molecule has 19 heavy (non-hydrogen) atoms. The van der Waals surface area contributed by atoms with Crippen molar-refractivity contribution in [1.29, 1.82) is 5.26 Å². The molecule has 2 aromatic heterocycles. The van der Waals surface area contributed by atoms with E-state index in [-0.39, 0.29) is 0 Å². The molecule has 0 atom stereocenters. The Balaban J connectivity index is 2.11. The number of hydrogen-bond acceptors (Lipinski definition) is 4. The third-order valence-corrected chi connectivity index (χ3v) is 3.01. The summed E-state index contributed by atoms with van der Waals surface area (Å²) in [6.07, 6.45) is 3.72. The van der Waals surface area contributed by atoms with Crippen LogP contribution in [0.2, 0.25) is 0 Å². The average molecular weight is 252 g/mol. The highest BCUT2D eigenvalue weighted by Crippen LogP contribution is 2.20. The molecule has 0 saturated heterocycles. The second kappa shape index (κ2) is 4.14. The second-order valence-corrected chi connectivity index (χ2v) is 4.39. The van der Waals surface area contributed by atoms with Crippen molar-refractivity contribution in [3.63, 3.8) is 0 Å². The zero-order chi connectivity index (χ0) is 13.4. The highest BCUT2D eigenvalue weighted by atomic mass is 15.2. The number of rotatable bonds is 2. The van der Waals surface area contributed by atoms with Crippen LogP contribution in [0, 0.1) is 11.3 Å². The molecule has 0 amide bonds. The Labute approximate surface area is 109 Å². The summed E-state index contributed by atoms with van der Waals surface area (Å²) >= 11 is 0. The summed E-state index contributed by atoms with van der Waals surface area (Å²) in [6, 6.07) is 7.47. The Morgan fingerprint density at radius 1 is 1.42 bits per heavy atom. The van der Waals surface area contributed by atoms with Gasteiger partial charge in [0.1, 0.15) is 0 Å². The van der Waals surface area contributed by atoms with Crippen molar-refractivity contribution in [2.75, 3.05) is 5.73 Å². The Kier molecular flexibility index (Phi) is 2.46. The number of anilines is 1. The van der Waals surface area contributed by atoms with E-state index in [0.717, 1.165) is 16.6 Å². The van der Waals surface area contributed by atoms with Gasteiger partial charge in [0.15, 0.2) is 0 Å². The zero-order valence-corrected chi connectivity index (χ0v) is 10.4. The van der Waals surface area contributed by atoms with Gasteiger partial charge in [-0.15, -0.1) is 0 Å². The Morgan fingerprint density at radius 3 is 2.95 bits per heavy atom. The third-order valence-electron chi connectivity index (χ3n) is 3.01. The van der Waals surface area contributed by atoms with E-state index in [0.29, 0.717) is 18.1 Å². The second-order valence-electron chi connectivity index (χ2n) is 4.39. The molecule has 3 rings (SSSR count). The number of aryl methyl sites for hydroxylation is 1. The van der Waals surface area contributed by atoms with Crippen molar-refractivity contribution in [3.8, 4) is 6.07 Å². The van der Waals surface area contributed by atoms with Crippen LogP contribution in [0.25, 0.3) is 11.0 Å². The summed E-state index contributed by atoms with van der Waals surface area (Å²) in [5, 5.41) is 13.1. The van der Waals surface area contributed by atoms with E-state index < -0.39 is 0 Å². The number of benzene rings is 1. The normalized spacial score (nSPS) is 10.7. The number of hydrogen-bond donors (Lipinski definition) is 1. The van der Waals surface area contributed by atoms with Crippen molar-refractivity contribution in [3.05, 3.63) is 41.7 Å². The molecule has 94 valence electrons. The molecule has 0 aliphatic rings. The maximum Gasteiger partial charge on any atom is 0.201 e. The van der Waals surface area contributed by atoms with Crippen LogP contribution < -0.4 is 5.73 Å². The van der Waals surface area contributed by atoms with Gasteiger partial charge in [-0.3, -0.25) is 4.68 Å². The van der Waals surface area contributed by atoms with Crippen molar-refractivity contribution in [1.82, 2.24) is 19.3 Å². The lowest BCUT2D eigenvalue weighted by molar-refractivity contribution is 0.765. The van der Waals surface area contributed by atoms with Gasteiger partial charge >= 0.3 is 0 Å². The topological polar surface area (TPSA) is 85.5 Å². The predicted octanol–water partition coefficient (Wildman–Crippen LogP) is 1.27. The van der Waals surface area contributed by atoms with Crippen molar-refractivity contribution in [2.24, 2.45) is 7.05 Å². The molecule has 0 fully saturated rings. The van der Waals surface area contributed by atoms with E-state index in [1.165, 1.54) is 0 Å². The van der Waals surface area contributed by atoms with Gasteiger partial charge in [0.2, 0.25) is 5.95 Å². The molecule has 0 saturated carbocycles. The number of imidazole rings is 1. The van der Waals surface area contributed by atoms with E-state index >= 15 is 0 Å². The maximum absolute atomic E-state index is 8.96. The number of nitrogens with two attached hydrogens (primary N) is 1. The molecule has 0 radical (unpaired) electrons.